The molecule has 0 aromatic carbocycles. The van der Waals surface area contributed by atoms with Crippen LogP contribution in [0.25, 0.3) is 0 Å². The highest BCUT2D eigenvalue weighted by Gasteiger charge is 2.47. The number of hydrogen-bond acceptors (Lipinski definition) is 6. The molecule has 0 amide bonds. The Balaban J connectivity index is 5.93. The van der Waals surface area contributed by atoms with E-state index in [0.29, 0.717) is 12.8 Å². The Kier molecular flexibility index (Phi) is 10.6. The van der Waals surface area contributed by atoms with E-state index in [-0.39, 0.29) is 29.6 Å². The molecular weight excluding hydrogens is 388 g/mol. The summed E-state index contributed by atoms with van der Waals surface area (Å²) in [4.78, 5) is 36.8. The molecule has 0 saturated carbocycles. The number of methoxy groups -OCH3 is 2. The van der Waals surface area contributed by atoms with Gasteiger partial charge in [0, 0.05) is 6.92 Å². The monoisotopic (exact) mass is 426 g/mol. The van der Waals surface area contributed by atoms with Gasteiger partial charge in [-0.15, -0.1) is 6.58 Å². The molecule has 0 rings (SSSR count). The predicted molar refractivity (Wildman–Crippen MR) is 117 cm³/mol. The quantitative estimate of drug-likeness (QED) is 0.120. The van der Waals surface area contributed by atoms with Crippen molar-refractivity contribution in [3.05, 3.63) is 24.8 Å². The van der Waals surface area contributed by atoms with E-state index in [4.69, 9.17) is 14.2 Å². The first-order chi connectivity index (χ1) is 13.3. The van der Waals surface area contributed by atoms with Crippen LogP contribution in [-0.4, -0.2) is 45.9 Å². The summed E-state index contributed by atoms with van der Waals surface area (Å²) in [5.74, 6) is -1.62. The molecule has 0 bridgehead atoms. The Labute approximate surface area is 176 Å². The molecular formula is C22H38O6Si. The molecule has 1 atom stereocenters. The van der Waals surface area contributed by atoms with Gasteiger partial charge in [0.15, 0.2) is 5.41 Å². The first-order valence-electron chi connectivity index (χ1n) is 9.91. The Morgan fingerprint density at radius 3 is 1.97 bits per heavy atom. The fraction of sp³-hybridized carbons (Fsp3) is 0.682. The standard InChI is InChI=1S/C22H38O6Si/c1-10-11-12-15-22(19(24)26-6,20(25)27-7)16-13-14-18(28-17(2)23)29(8,9)21(3,4)5/h10,13-14,18H,1,11-12,15-16H2,2-9H3/b14-13+/t18-/m1/s1. The average Bonchev–Trinajstić information content (AvgIpc) is 2.63. The van der Waals surface area contributed by atoms with Gasteiger partial charge in [-0.05, 0) is 30.7 Å². The number of carbonyl (C=O) groups is 3. The van der Waals surface area contributed by atoms with Crippen molar-refractivity contribution in [2.45, 2.75) is 77.2 Å². The van der Waals surface area contributed by atoms with Crippen molar-refractivity contribution in [1.82, 2.24) is 0 Å². The number of allylic oxidation sites excluding steroid dienone is 2. The Morgan fingerprint density at radius 2 is 1.59 bits per heavy atom. The maximum Gasteiger partial charge on any atom is 0.323 e. The van der Waals surface area contributed by atoms with E-state index < -0.39 is 25.4 Å². The largest absolute Gasteiger partial charge is 0.468 e. The molecule has 0 heterocycles. The zero-order valence-electron chi connectivity index (χ0n) is 19.3. The van der Waals surface area contributed by atoms with Crippen LogP contribution in [0.1, 0.15) is 53.4 Å². The third kappa shape index (κ3) is 7.14. The van der Waals surface area contributed by atoms with Crippen LogP contribution in [0.2, 0.25) is 18.1 Å². The number of hydrogen-bond donors (Lipinski definition) is 0. The maximum atomic E-state index is 12.6. The van der Waals surface area contributed by atoms with Crippen molar-refractivity contribution in [2.24, 2.45) is 5.41 Å². The number of ether oxygens (including phenoxy) is 3. The van der Waals surface area contributed by atoms with Gasteiger partial charge in [0.2, 0.25) is 0 Å². The van der Waals surface area contributed by atoms with E-state index in [2.05, 4.69) is 40.4 Å². The minimum atomic E-state index is -2.07. The third-order valence-corrected chi connectivity index (χ3v) is 11.5. The lowest BCUT2D eigenvalue weighted by Gasteiger charge is -2.41. The van der Waals surface area contributed by atoms with Crippen LogP contribution >= 0.6 is 0 Å². The molecule has 0 N–H and O–H groups in total. The third-order valence-electron chi connectivity index (χ3n) is 5.88. The molecule has 0 saturated heterocycles. The summed E-state index contributed by atoms with van der Waals surface area (Å²) in [7, 11) is 0.446. The minimum absolute atomic E-state index is 0.0246. The summed E-state index contributed by atoms with van der Waals surface area (Å²) in [5.41, 5.74) is -1.82. The normalized spacial score (nSPS) is 13.7. The number of rotatable bonds is 11. The SMILES string of the molecule is C=CCCCC(C/C=C/[C@H](OC(C)=O)[Si](C)(C)C(C)(C)C)(C(=O)OC)C(=O)OC. The fourth-order valence-corrected chi connectivity index (χ4v) is 4.85. The van der Waals surface area contributed by atoms with E-state index in [9.17, 15) is 14.4 Å². The van der Waals surface area contributed by atoms with E-state index >= 15 is 0 Å². The summed E-state index contributed by atoms with van der Waals surface area (Å²) in [6.07, 6.45) is 6.94. The summed E-state index contributed by atoms with van der Waals surface area (Å²) in [6, 6.07) is 0. The van der Waals surface area contributed by atoms with Gasteiger partial charge >= 0.3 is 17.9 Å². The number of carbonyl (C=O) groups excluding carboxylic acids is 3. The lowest BCUT2D eigenvalue weighted by Crippen LogP contribution is -2.50. The van der Waals surface area contributed by atoms with Gasteiger partial charge in [-0.25, -0.2) is 0 Å². The lowest BCUT2D eigenvalue weighted by molar-refractivity contribution is -0.169. The van der Waals surface area contributed by atoms with Crippen LogP contribution in [0.4, 0.5) is 0 Å². The summed E-state index contributed by atoms with van der Waals surface area (Å²) in [5, 5.41) is -0.0246. The van der Waals surface area contributed by atoms with Crippen molar-refractivity contribution in [2.75, 3.05) is 14.2 Å². The molecule has 7 heteroatoms. The summed E-state index contributed by atoms with van der Waals surface area (Å²) in [6.45, 7) is 15.8. The highest BCUT2D eigenvalue weighted by Crippen LogP contribution is 2.40. The first kappa shape index (κ1) is 27.1. The molecule has 0 radical (unpaired) electrons. The molecule has 0 aromatic heterocycles. The van der Waals surface area contributed by atoms with Crippen LogP contribution in [0.3, 0.4) is 0 Å². The molecule has 6 nitrogen and oxygen atoms in total. The van der Waals surface area contributed by atoms with Crippen LogP contribution in [0, 0.1) is 5.41 Å². The summed E-state index contributed by atoms with van der Waals surface area (Å²) >= 11 is 0. The number of esters is 3. The van der Waals surface area contributed by atoms with Crippen molar-refractivity contribution < 1.29 is 28.6 Å². The van der Waals surface area contributed by atoms with E-state index in [1.807, 2.05) is 6.08 Å². The van der Waals surface area contributed by atoms with Crippen molar-refractivity contribution in [3.63, 3.8) is 0 Å². The van der Waals surface area contributed by atoms with Crippen molar-refractivity contribution in [3.8, 4) is 0 Å². The van der Waals surface area contributed by atoms with Crippen molar-refractivity contribution in [1.29, 1.82) is 0 Å². The fourth-order valence-electron chi connectivity index (χ4n) is 2.92. The van der Waals surface area contributed by atoms with E-state index in [0.717, 1.165) is 0 Å². The molecule has 0 aromatic rings. The maximum absolute atomic E-state index is 12.6. The first-order valence-corrected chi connectivity index (χ1v) is 13.0. The second kappa shape index (κ2) is 11.3. The Morgan fingerprint density at radius 1 is 1.07 bits per heavy atom. The van der Waals surface area contributed by atoms with Gasteiger partial charge in [-0.3, -0.25) is 14.4 Å². The second-order valence-electron chi connectivity index (χ2n) is 8.88. The highest BCUT2D eigenvalue weighted by atomic mass is 28.3. The molecule has 0 aliphatic carbocycles. The smallest absolute Gasteiger partial charge is 0.323 e. The number of unbranched alkanes of at least 4 members (excludes halogenated alkanes) is 1. The predicted octanol–water partition coefficient (Wildman–Crippen LogP) is 4.60. The molecule has 29 heavy (non-hydrogen) atoms. The van der Waals surface area contributed by atoms with Crippen LogP contribution < -0.4 is 0 Å². The van der Waals surface area contributed by atoms with Gasteiger partial charge in [0.25, 0.3) is 0 Å². The Bertz CT molecular complexity index is 599. The lowest BCUT2D eigenvalue weighted by atomic mass is 9.79. The van der Waals surface area contributed by atoms with Crippen LogP contribution in [0.5, 0.6) is 0 Å². The highest BCUT2D eigenvalue weighted by molar-refractivity contribution is 6.81. The molecule has 0 unspecified atom stereocenters. The second-order valence-corrected chi connectivity index (χ2v) is 14.4. The molecule has 0 spiro atoms. The van der Waals surface area contributed by atoms with Crippen molar-refractivity contribution >= 4 is 26.0 Å². The molecule has 166 valence electrons. The zero-order valence-corrected chi connectivity index (χ0v) is 20.3. The van der Waals surface area contributed by atoms with E-state index in [1.165, 1.54) is 21.1 Å². The molecule has 0 fully saturated rings. The van der Waals surface area contributed by atoms with Gasteiger partial charge in [-0.2, -0.15) is 0 Å². The molecule has 0 aliphatic rings. The average molecular weight is 427 g/mol. The van der Waals surface area contributed by atoms with Crippen LogP contribution in [0.15, 0.2) is 24.8 Å². The Hall–Kier alpha value is -1.89. The van der Waals surface area contributed by atoms with Gasteiger partial charge in [0.1, 0.15) is 13.8 Å². The van der Waals surface area contributed by atoms with Gasteiger partial charge in [0.05, 0.1) is 14.2 Å². The zero-order chi connectivity index (χ0) is 22.9. The molecule has 0 aliphatic heterocycles. The summed E-state index contributed by atoms with van der Waals surface area (Å²) < 4.78 is 15.5. The van der Waals surface area contributed by atoms with Gasteiger partial charge < -0.3 is 14.2 Å². The van der Waals surface area contributed by atoms with E-state index in [1.54, 1.807) is 12.2 Å². The van der Waals surface area contributed by atoms with Crippen LogP contribution in [-0.2, 0) is 28.6 Å². The topological polar surface area (TPSA) is 78.9 Å². The van der Waals surface area contributed by atoms with Gasteiger partial charge in [-0.1, -0.05) is 52.1 Å². The minimum Gasteiger partial charge on any atom is -0.468 e.